The van der Waals surface area contributed by atoms with E-state index in [1.54, 1.807) is 0 Å². The molecule has 0 aromatic carbocycles. The first-order chi connectivity index (χ1) is 12.4. The number of esters is 4. The molecule has 11 nitrogen and oxygen atoms in total. The van der Waals surface area contributed by atoms with Crippen LogP contribution in [-0.2, 0) is 47.7 Å². The monoisotopic (exact) mass is 390 g/mol. The van der Waals surface area contributed by atoms with Crippen molar-refractivity contribution in [2.24, 2.45) is 0 Å². The summed E-state index contributed by atoms with van der Waals surface area (Å²) in [6.07, 6.45) is -6.82. The molecule has 0 bridgehead atoms. The molecule has 1 unspecified atom stereocenters. The van der Waals surface area contributed by atoms with Crippen LogP contribution in [0.4, 0.5) is 0 Å². The molecular formula is C16H22O11. The topological polar surface area (TPSA) is 152 Å². The summed E-state index contributed by atoms with van der Waals surface area (Å²) in [4.78, 5) is 58.4. The molecule has 5 atom stereocenters. The molecular weight excluding hydrogens is 368 g/mol. The fraction of sp³-hybridized carbons (Fsp3) is 0.688. The number of ketones is 1. The van der Waals surface area contributed by atoms with Gasteiger partial charge in [0.25, 0.3) is 0 Å². The molecule has 0 saturated carbocycles. The van der Waals surface area contributed by atoms with Crippen molar-refractivity contribution >= 4 is 29.7 Å². The molecule has 0 radical (unpaired) electrons. The molecule has 0 aromatic heterocycles. The number of aliphatic hydroxyl groups excluding tert-OH is 1. The Morgan fingerprint density at radius 2 is 1.44 bits per heavy atom. The number of rotatable bonds is 6. The van der Waals surface area contributed by atoms with Gasteiger partial charge in [0.1, 0.15) is 12.7 Å². The Hall–Kier alpha value is -2.53. The molecule has 1 heterocycles. The summed E-state index contributed by atoms with van der Waals surface area (Å²) in [5, 5.41) is 10.2. The van der Waals surface area contributed by atoms with Gasteiger partial charge in [0.2, 0.25) is 5.60 Å². The maximum Gasteiger partial charge on any atom is 0.303 e. The van der Waals surface area contributed by atoms with Crippen LogP contribution >= 0.6 is 0 Å². The highest BCUT2D eigenvalue weighted by Crippen LogP contribution is 2.37. The maximum absolute atomic E-state index is 12.5. The maximum atomic E-state index is 12.5. The normalized spacial score (nSPS) is 30.0. The molecule has 1 fully saturated rings. The average molecular weight is 390 g/mol. The summed E-state index contributed by atoms with van der Waals surface area (Å²) < 4.78 is 25.3. The molecule has 0 aromatic rings. The first-order valence-electron chi connectivity index (χ1n) is 7.93. The van der Waals surface area contributed by atoms with Crippen LogP contribution in [0.5, 0.6) is 0 Å². The summed E-state index contributed by atoms with van der Waals surface area (Å²) in [7, 11) is 0. The van der Waals surface area contributed by atoms with Gasteiger partial charge in [-0.3, -0.25) is 24.0 Å². The lowest BCUT2D eigenvalue weighted by Crippen LogP contribution is -2.73. The molecule has 1 rings (SSSR count). The minimum atomic E-state index is -2.33. The second-order valence-corrected chi connectivity index (χ2v) is 5.86. The summed E-state index contributed by atoms with van der Waals surface area (Å²) in [6.45, 7) is 4.52. The van der Waals surface area contributed by atoms with Gasteiger partial charge >= 0.3 is 23.9 Å². The van der Waals surface area contributed by atoms with Crippen LogP contribution in [0.15, 0.2) is 0 Å². The zero-order valence-corrected chi connectivity index (χ0v) is 15.5. The van der Waals surface area contributed by atoms with Crippen molar-refractivity contribution in [1.82, 2.24) is 0 Å². The van der Waals surface area contributed by atoms with Crippen molar-refractivity contribution in [3.05, 3.63) is 0 Å². The standard InChI is InChI=1S/C16H22O11/c1-7(17)16(27-11(5)21)12(6-23-8(2)18)26-15(22)13(24-9(3)19)14(16)25-10(4)20/h12-15,22H,6H2,1-5H3/t12-,13-,14-,15?,16-/m1/s1. The molecule has 11 heteroatoms. The third kappa shape index (κ3) is 5.23. The largest absolute Gasteiger partial charge is 0.463 e. The number of hydrogen-bond acceptors (Lipinski definition) is 11. The second kappa shape index (κ2) is 8.91. The lowest BCUT2D eigenvalue weighted by molar-refractivity contribution is -0.317. The van der Waals surface area contributed by atoms with Crippen molar-refractivity contribution < 1.29 is 52.8 Å². The summed E-state index contributed by atoms with van der Waals surface area (Å²) in [6, 6.07) is 0. The third-order valence-electron chi connectivity index (χ3n) is 3.68. The van der Waals surface area contributed by atoms with E-state index in [4.69, 9.17) is 23.7 Å². The van der Waals surface area contributed by atoms with Crippen LogP contribution in [0.25, 0.3) is 0 Å². The number of carbonyl (C=O) groups is 5. The van der Waals surface area contributed by atoms with Gasteiger partial charge in [-0.2, -0.15) is 0 Å². The molecule has 1 aliphatic heterocycles. The number of Topliss-reactive ketones (excluding diaryl/α,β-unsaturated/α-hetero) is 1. The van der Waals surface area contributed by atoms with Crippen LogP contribution < -0.4 is 0 Å². The fourth-order valence-electron chi connectivity index (χ4n) is 2.79. The van der Waals surface area contributed by atoms with Crippen molar-refractivity contribution in [2.45, 2.75) is 64.8 Å². The Balaban J connectivity index is 3.54. The van der Waals surface area contributed by atoms with Gasteiger partial charge < -0.3 is 28.8 Å². The van der Waals surface area contributed by atoms with Gasteiger partial charge in [-0.25, -0.2) is 0 Å². The van der Waals surface area contributed by atoms with E-state index in [9.17, 15) is 29.1 Å². The summed E-state index contributed by atoms with van der Waals surface area (Å²) in [5.41, 5.74) is -2.33. The van der Waals surface area contributed by atoms with E-state index in [1.807, 2.05) is 0 Å². The van der Waals surface area contributed by atoms with Crippen LogP contribution in [0.3, 0.4) is 0 Å². The number of hydrogen-bond donors (Lipinski definition) is 1. The molecule has 0 spiro atoms. The SMILES string of the molecule is CC(=O)OC[C@H]1OC(O)[C@H](OC(C)=O)[C@@H](OC(C)=O)[C@@]1(OC(C)=O)C(C)=O. The molecule has 0 aliphatic carbocycles. The number of ether oxygens (including phenoxy) is 5. The van der Waals surface area contributed by atoms with E-state index in [-0.39, 0.29) is 0 Å². The third-order valence-corrected chi connectivity index (χ3v) is 3.68. The predicted octanol–water partition coefficient (Wildman–Crippen LogP) is -0.979. The Bertz CT molecular complexity index is 628. The number of carbonyl (C=O) groups excluding carboxylic acids is 5. The smallest absolute Gasteiger partial charge is 0.303 e. The average Bonchev–Trinajstić information content (AvgIpc) is 2.50. The zero-order chi connectivity index (χ0) is 20.9. The second-order valence-electron chi connectivity index (χ2n) is 5.86. The van der Waals surface area contributed by atoms with Gasteiger partial charge in [-0.05, 0) is 6.92 Å². The van der Waals surface area contributed by atoms with Crippen molar-refractivity contribution in [3.63, 3.8) is 0 Å². The quantitative estimate of drug-likeness (QED) is 0.440. The van der Waals surface area contributed by atoms with Gasteiger partial charge in [0, 0.05) is 27.7 Å². The summed E-state index contributed by atoms with van der Waals surface area (Å²) >= 11 is 0. The van der Waals surface area contributed by atoms with E-state index in [2.05, 4.69) is 0 Å². The van der Waals surface area contributed by atoms with Crippen LogP contribution in [0.1, 0.15) is 34.6 Å². The minimum absolute atomic E-state index is 0.607. The molecule has 0 amide bonds. The first kappa shape index (κ1) is 22.5. The highest BCUT2D eigenvalue weighted by molar-refractivity contribution is 5.90. The summed E-state index contributed by atoms with van der Waals surface area (Å²) in [5.74, 6) is -4.31. The fourth-order valence-corrected chi connectivity index (χ4v) is 2.79. The van der Waals surface area contributed by atoms with E-state index >= 15 is 0 Å². The number of aliphatic hydroxyl groups is 1. The Morgan fingerprint density at radius 1 is 0.889 bits per heavy atom. The highest BCUT2D eigenvalue weighted by Gasteiger charge is 2.65. The van der Waals surface area contributed by atoms with Gasteiger partial charge in [0.15, 0.2) is 24.3 Å². The zero-order valence-electron chi connectivity index (χ0n) is 15.5. The van der Waals surface area contributed by atoms with Crippen LogP contribution in [-0.4, -0.2) is 71.6 Å². The molecule has 1 saturated heterocycles. The molecule has 27 heavy (non-hydrogen) atoms. The van der Waals surface area contributed by atoms with Crippen molar-refractivity contribution in [2.75, 3.05) is 6.61 Å². The van der Waals surface area contributed by atoms with Crippen molar-refractivity contribution in [1.29, 1.82) is 0 Å². The first-order valence-corrected chi connectivity index (χ1v) is 7.93. The van der Waals surface area contributed by atoms with E-state index in [0.29, 0.717) is 0 Å². The minimum Gasteiger partial charge on any atom is -0.463 e. The Morgan fingerprint density at radius 3 is 1.85 bits per heavy atom. The van der Waals surface area contributed by atoms with E-state index in [1.165, 1.54) is 0 Å². The lowest BCUT2D eigenvalue weighted by Gasteiger charge is -2.49. The van der Waals surface area contributed by atoms with Gasteiger partial charge in [-0.1, -0.05) is 0 Å². The molecule has 152 valence electrons. The van der Waals surface area contributed by atoms with Gasteiger partial charge in [0.05, 0.1) is 0 Å². The van der Waals surface area contributed by atoms with Crippen LogP contribution in [0, 0.1) is 0 Å². The highest BCUT2D eigenvalue weighted by atomic mass is 16.7. The Kier molecular flexibility index (Phi) is 7.43. The predicted molar refractivity (Wildman–Crippen MR) is 83.8 cm³/mol. The van der Waals surface area contributed by atoms with Gasteiger partial charge in [-0.15, -0.1) is 0 Å². The van der Waals surface area contributed by atoms with Crippen LogP contribution in [0.2, 0.25) is 0 Å². The molecule has 1 N–H and O–H groups in total. The Labute approximate surface area is 154 Å². The molecule has 1 aliphatic rings. The lowest BCUT2D eigenvalue weighted by atomic mass is 9.80. The van der Waals surface area contributed by atoms with Crippen molar-refractivity contribution in [3.8, 4) is 0 Å². The van der Waals surface area contributed by atoms with E-state index < -0.39 is 66.5 Å². The van der Waals surface area contributed by atoms with E-state index in [0.717, 1.165) is 34.6 Å².